The molecule has 0 atom stereocenters. The number of thioether (sulfide) groups is 1. The van der Waals surface area contributed by atoms with E-state index in [4.69, 9.17) is 4.74 Å². The maximum atomic E-state index is 13.7. The SMILES string of the molecule is C=CCn1c(COc2cccc(C)c2C)nnc1SCC(=O)Nc1ccccc1F. The third-order valence-corrected chi connectivity index (χ3v) is 5.46. The number of ether oxygens (including phenoxy) is 1. The Morgan fingerprint density at radius 3 is 2.80 bits per heavy atom. The molecule has 1 N–H and O–H groups in total. The van der Waals surface area contributed by atoms with Gasteiger partial charge >= 0.3 is 0 Å². The highest BCUT2D eigenvalue weighted by atomic mass is 32.2. The van der Waals surface area contributed by atoms with Gasteiger partial charge in [-0.25, -0.2) is 4.39 Å². The van der Waals surface area contributed by atoms with Crippen molar-refractivity contribution in [1.82, 2.24) is 14.8 Å². The molecule has 0 aliphatic carbocycles. The molecule has 0 saturated heterocycles. The van der Waals surface area contributed by atoms with Crippen molar-refractivity contribution in [1.29, 1.82) is 0 Å². The summed E-state index contributed by atoms with van der Waals surface area (Å²) in [5.41, 5.74) is 2.38. The highest BCUT2D eigenvalue weighted by Gasteiger charge is 2.15. The van der Waals surface area contributed by atoms with Crippen LogP contribution in [0.15, 0.2) is 60.3 Å². The van der Waals surface area contributed by atoms with Gasteiger partial charge in [-0.15, -0.1) is 16.8 Å². The summed E-state index contributed by atoms with van der Waals surface area (Å²) in [5, 5.41) is 11.5. The third-order valence-electron chi connectivity index (χ3n) is 4.50. The molecular formula is C22H23FN4O2S. The number of aryl methyl sites for hydroxylation is 1. The Balaban J connectivity index is 1.65. The quantitative estimate of drug-likeness (QED) is 0.402. The van der Waals surface area contributed by atoms with Gasteiger partial charge in [-0.2, -0.15) is 0 Å². The van der Waals surface area contributed by atoms with Gasteiger partial charge in [0.1, 0.15) is 18.2 Å². The molecule has 2 aromatic carbocycles. The minimum atomic E-state index is -0.475. The van der Waals surface area contributed by atoms with Crippen LogP contribution in [0.25, 0.3) is 0 Å². The van der Waals surface area contributed by atoms with E-state index >= 15 is 0 Å². The molecule has 156 valence electrons. The number of benzene rings is 2. The van der Waals surface area contributed by atoms with Crippen molar-refractivity contribution in [3.8, 4) is 5.75 Å². The van der Waals surface area contributed by atoms with Crippen molar-refractivity contribution in [2.24, 2.45) is 0 Å². The van der Waals surface area contributed by atoms with Crippen molar-refractivity contribution >= 4 is 23.4 Å². The van der Waals surface area contributed by atoms with Crippen LogP contribution < -0.4 is 10.1 Å². The highest BCUT2D eigenvalue weighted by molar-refractivity contribution is 7.99. The van der Waals surface area contributed by atoms with Crippen molar-refractivity contribution in [2.45, 2.75) is 32.2 Å². The number of nitrogens with one attached hydrogen (secondary N) is 1. The second-order valence-electron chi connectivity index (χ2n) is 6.60. The number of amides is 1. The van der Waals surface area contributed by atoms with E-state index in [2.05, 4.69) is 22.1 Å². The average molecular weight is 427 g/mol. The topological polar surface area (TPSA) is 69.0 Å². The van der Waals surface area contributed by atoms with Crippen LogP contribution in [-0.2, 0) is 17.9 Å². The summed E-state index contributed by atoms with van der Waals surface area (Å²) in [6, 6.07) is 11.9. The minimum Gasteiger partial charge on any atom is -0.485 e. The summed E-state index contributed by atoms with van der Waals surface area (Å²) in [4.78, 5) is 12.2. The summed E-state index contributed by atoms with van der Waals surface area (Å²) in [6.45, 7) is 8.54. The molecule has 0 unspecified atom stereocenters. The number of aromatic nitrogens is 3. The Kier molecular flexibility index (Phi) is 7.24. The zero-order valence-corrected chi connectivity index (χ0v) is 17.7. The number of hydrogen-bond donors (Lipinski definition) is 1. The summed E-state index contributed by atoms with van der Waals surface area (Å²) in [7, 11) is 0. The van der Waals surface area contributed by atoms with E-state index in [0.29, 0.717) is 17.5 Å². The number of carbonyl (C=O) groups excluding carboxylic acids is 1. The lowest BCUT2D eigenvalue weighted by molar-refractivity contribution is -0.113. The lowest BCUT2D eigenvalue weighted by atomic mass is 10.1. The Morgan fingerprint density at radius 1 is 1.23 bits per heavy atom. The maximum Gasteiger partial charge on any atom is 0.234 e. The fraction of sp³-hybridized carbons (Fsp3) is 0.227. The summed E-state index contributed by atoms with van der Waals surface area (Å²) in [5.74, 6) is 0.694. The van der Waals surface area contributed by atoms with Crippen LogP contribution in [0.1, 0.15) is 17.0 Å². The van der Waals surface area contributed by atoms with Crippen LogP contribution in [0, 0.1) is 19.7 Å². The predicted molar refractivity (Wildman–Crippen MR) is 116 cm³/mol. The number of halogens is 1. The van der Waals surface area contributed by atoms with Crippen molar-refractivity contribution in [3.63, 3.8) is 0 Å². The number of allylic oxidation sites excluding steroid dienone is 1. The predicted octanol–water partition coefficient (Wildman–Crippen LogP) is 4.53. The number of hydrogen-bond acceptors (Lipinski definition) is 5. The van der Waals surface area contributed by atoms with E-state index in [-0.39, 0.29) is 24.0 Å². The van der Waals surface area contributed by atoms with Crippen LogP contribution >= 0.6 is 11.8 Å². The molecule has 1 amide bonds. The van der Waals surface area contributed by atoms with Crippen LogP contribution in [0.3, 0.4) is 0 Å². The first-order valence-electron chi connectivity index (χ1n) is 9.38. The number of nitrogens with zero attached hydrogens (tertiary/aromatic N) is 3. The molecule has 3 rings (SSSR count). The van der Waals surface area contributed by atoms with E-state index in [9.17, 15) is 9.18 Å². The molecule has 0 spiro atoms. The summed E-state index contributed by atoms with van der Waals surface area (Å²) >= 11 is 1.22. The molecule has 0 fully saturated rings. The second kappa shape index (κ2) is 10.1. The minimum absolute atomic E-state index is 0.0709. The van der Waals surface area contributed by atoms with Gasteiger partial charge in [0.2, 0.25) is 5.91 Å². The van der Waals surface area contributed by atoms with Crippen LogP contribution in [0.2, 0.25) is 0 Å². The lowest BCUT2D eigenvalue weighted by Gasteiger charge is -2.12. The zero-order chi connectivity index (χ0) is 21.5. The van der Waals surface area contributed by atoms with E-state index < -0.39 is 5.82 Å². The molecule has 30 heavy (non-hydrogen) atoms. The lowest BCUT2D eigenvalue weighted by Crippen LogP contribution is -2.15. The highest BCUT2D eigenvalue weighted by Crippen LogP contribution is 2.23. The molecule has 6 nitrogen and oxygen atoms in total. The number of anilines is 1. The standard InChI is InChI=1S/C22H23FN4O2S/c1-4-12-27-20(13-29-19-11-7-8-15(2)16(19)3)25-26-22(27)30-14-21(28)24-18-10-6-5-9-17(18)23/h4-11H,1,12-14H2,2-3H3,(H,24,28). The molecule has 1 aromatic heterocycles. The Morgan fingerprint density at radius 2 is 2.03 bits per heavy atom. The third kappa shape index (κ3) is 5.27. The molecule has 0 aliphatic heterocycles. The van der Waals surface area contributed by atoms with Crippen LogP contribution in [-0.4, -0.2) is 26.4 Å². The maximum absolute atomic E-state index is 13.7. The Hall–Kier alpha value is -3.13. The largest absolute Gasteiger partial charge is 0.485 e. The molecule has 0 aliphatic rings. The molecule has 8 heteroatoms. The van der Waals surface area contributed by atoms with Gasteiger partial charge in [-0.05, 0) is 43.2 Å². The molecule has 0 bridgehead atoms. The van der Waals surface area contributed by atoms with E-state index in [1.54, 1.807) is 18.2 Å². The van der Waals surface area contributed by atoms with Gasteiger partial charge in [0.15, 0.2) is 11.0 Å². The number of para-hydroxylation sites is 1. The van der Waals surface area contributed by atoms with Crippen molar-refractivity contribution in [3.05, 3.63) is 77.9 Å². The molecular weight excluding hydrogens is 403 g/mol. The smallest absolute Gasteiger partial charge is 0.234 e. The van der Waals surface area contributed by atoms with Gasteiger partial charge in [0, 0.05) is 6.54 Å². The normalized spacial score (nSPS) is 10.6. The van der Waals surface area contributed by atoms with Gasteiger partial charge in [0.25, 0.3) is 0 Å². The average Bonchev–Trinajstić information content (AvgIpc) is 3.11. The molecule has 1 heterocycles. The van der Waals surface area contributed by atoms with Gasteiger partial charge in [0.05, 0.1) is 11.4 Å². The second-order valence-corrected chi connectivity index (χ2v) is 7.54. The van der Waals surface area contributed by atoms with Crippen LogP contribution in [0.4, 0.5) is 10.1 Å². The van der Waals surface area contributed by atoms with E-state index in [1.807, 2.05) is 36.6 Å². The van der Waals surface area contributed by atoms with Gasteiger partial charge in [-0.1, -0.05) is 42.1 Å². The summed E-state index contributed by atoms with van der Waals surface area (Å²) < 4.78 is 21.5. The zero-order valence-electron chi connectivity index (χ0n) is 16.9. The number of rotatable bonds is 9. The first-order valence-corrected chi connectivity index (χ1v) is 10.4. The fourth-order valence-corrected chi connectivity index (χ4v) is 3.51. The van der Waals surface area contributed by atoms with Crippen molar-refractivity contribution in [2.75, 3.05) is 11.1 Å². The van der Waals surface area contributed by atoms with Gasteiger partial charge < -0.3 is 10.1 Å². The van der Waals surface area contributed by atoms with E-state index in [0.717, 1.165) is 16.9 Å². The molecule has 0 radical (unpaired) electrons. The monoisotopic (exact) mass is 426 g/mol. The fourth-order valence-electron chi connectivity index (χ4n) is 2.75. The van der Waals surface area contributed by atoms with Gasteiger partial charge in [-0.3, -0.25) is 9.36 Å². The first kappa shape index (κ1) is 21.6. The van der Waals surface area contributed by atoms with E-state index in [1.165, 1.54) is 23.9 Å². The first-order chi connectivity index (χ1) is 14.5. The van der Waals surface area contributed by atoms with Crippen LogP contribution in [0.5, 0.6) is 5.75 Å². The number of carbonyl (C=O) groups is 1. The molecule has 0 saturated carbocycles. The Bertz CT molecular complexity index is 1050. The Labute approximate surface area is 179 Å². The van der Waals surface area contributed by atoms with Crippen molar-refractivity contribution < 1.29 is 13.9 Å². The molecule has 3 aromatic rings. The summed E-state index contributed by atoms with van der Waals surface area (Å²) in [6.07, 6.45) is 1.73.